The molecular formula is C37H38FNO11S. The lowest BCUT2D eigenvalue weighted by molar-refractivity contribution is -0.285. The van der Waals surface area contributed by atoms with Crippen LogP contribution in [0, 0.1) is 11.7 Å². The Morgan fingerprint density at radius 1 is 0.882 bits per heavy atom. The van der Waals surface area contributed by atoms with Gasteiger partial charge in [0.2, 0.25) is 5.91 Å². The molecule has 2 fully saturated rings. The second-order valence-corrected chi connectivity index (χ2v) is 14.2. The quantitative estimate of drug-likeness (QED) is 0.106. The fourth-order valence-electron chi connectivity index (χ4n) is 6.59. The third kappa shape index (κ3) is 7.77. The van der Waals surface area contributed by atoms with Crippen LogP contribution in [0.2, 0.25) is 0 Å². The number of amides is 1. The van der Waals surface area contributed by atoms with Crippen LogP contribution in [0.1, 0.15) is 36.1 Å². The van der Waals surface area contributed by atoms with Crippen molar-refractivity contribution in [2.75, 3.05) is 17.8 Å². The number of benzene rings is 4. The van der Waals surface area contributed by atoms with Crippen molar-refractivity contribution < 1.29 is 56.8 Å². The smallest absolute Gasteiger partial charge is 0.311 e. The molecule has 0 aliphatic carbocycles. The molecule has 2 saturated heterocycles. The van der Waals surface area contributed by atoms with Gasteiger partial charge in [0.1, 0.15) is 47.5 Å². The van der Waals surface area contributed by atoms with Crippen LogP contribution in [0.25, 0.3) is 11.1 Å². The molecule has 0 saturated carbocycles. The first-order valence-electron chi connectivity index (χ1n) is 16.3. The lowest BCUT2D eigenvalue weighted by atomic mass is 9.77. The van der Waals surface area contributed by atoms with Crippen LogP contribution in [-0.2, 0) is 24.4 Å². The number of rotatable bonds is 12. The highest BCUT2D eigenvalue weighted by Crippen LogP contribution is 2.49. The molecule has 14 heteroatoms. The minimum Gasteiger partial charge on any atom is -0.508 e. The standard InChI is InChI=1S/C37H38FNO11S/c1-48-37-35(44)34(43)33(42)31(49-37)20-51(46,47)50-30-19-23(22-6-5-9-26(40)18-22)12-15-27(30)32-28(36(45)39(32)25-7-3-2-4-8-25)16-17-29(41)21-10-13-24(38)14-11-21/h2-15,18-19,28-29,31-35,37,40-44H,16-17,20H2,1H3/t28-,29+,31?,32-,33+,34-,35+,37-/m1/s1. The summed E-state index contributed by atoms with van der Waals surface area (Å²) in [6.45, 7) is 0. The van der Waals surface area contributed by atoms with Crippen LogP contribution in [0.5, 0.6) is 11.5 Å². The maximum Gasteiger partial charge on any atom is 0.311 e. The molecule has 4 aromatic rings. The SMILES string of the molecule is CO[C@@H]1OC(CS(=O)(=O)Oc2cc(-c3cccc(O)c3)ccc2[C@@H]2[C@@H](CC[C@H](O)c3ccc(F)cc3)C(=O)N2c2ccccc2)[C@H](O)[C@@H](O)[C@@H]1O. The summed E-state index contributed by atoms with van der Waals surface area (Å²) in [7, 11) is -3.43. The van der Waals surface area contributed by atoms with Gasteiger partial charge < -0.3 is 44.1 Å². The molecule has 6 rings (SSSR count). The van der Waals surface area contributed by atoms with Gasteiger partial charge in [-0.2, -0.15) is 8.42 Å². The van der Waals surface area contributed by atoms with Crippen molar-refractivity contribution in [2.24, 2.45) is 5.92 Å². The molecule has 2 aliphatic rings. The van der Waals surface area contributed by atoms with E-state index in [0.29, 0.717) is 27.9 Å². The van der Waals surface area contributed by atoms with Gasteiger partial charge in [0.25, 0.3) is 0 Å². The minimum atomic E-state index is -4.62. The lowest BCUT2D eigenvalue weighted by Crippen LogP contribution is -2.59. The van der Waals surface area contributed by atoms with Crippen LogP contribution in [-0.4, -0.2) is 83.4 Å². The first-order chi connectivity index (χ1) is 24.4. The summed E-state index contributed by atoms with van der Waals surface area (Å²) in [5, 5.41) is 52.1. The second-order valence-electron chi connectivity index (χ2n) is 12.6. The van der Waals surface area contributed by atoms with E-state index in [1.165, 1.54) is 54.5 Å². The molecule has 270 valence electrons. The topological polar surface area (TPSA) is 183 Å². The first-order valence-corrected chi connectivity index (χ1v) is 17.8. The Morgan fingerprint density at radius 2 is 1.59 bits per heavy atom. The zero-order chi connectivity index (χ0) is 36.4. The zero-order valence-corrected chi connectivity index (χ0v) is 28.2. The number of phenolic OH excluding ortho intramolecular Hbond substituents is 1. The fraction of sp³-hybridized carbons (Fsp3) is 0.324. The number of aliphatic hydroxyl groups is 4. The highest BCUT2D eigenvalue weighted by atomic mass is 32.2. The highest BCUT2D eigenvalue weighted by molar-refractivity contribution is 7.87. The van der Waals surface area contributed by atoms with Gasteiger partial charge >= 0.3 is 10.1 Å². The molecule has 1 unspecified atom stereocenters. The zero-order valence-electron chi connectivity index (χ0n) is 27.4. The summed E-state index contributed by atoms with van der Waals surface area (Å²) in [4.78, 5) is 15.3. The molecule has 8 atom stereocenters. The van der Waals surface area contributed by atoms with Crippen molar-refractivity contribution in [3.8, 4) is 22.6 Å². The molecule has 12 nitrogen and oxygen atoms in total. The van der Waals surface area contributed by atoms with E-state index in [9.17, 15) is 43.1 Å². The molecular weight excluding hydrogens is 685 g/mol. The van der Waals surface area contributed by atoms with Crippen LogP contribution in [0.3, 0.4) is 0 Å². The summed E-state index contributed by atoms with van der Waals surface area (Å²) < 4.78 is 57.1. The Balaban J connectivity index is 1.37. The fourth-order valence-corrected chi connectivity index (χ4v) is 7.75. The van der Waals surface area contributed by atoms with E-state index in [4.69, 9.17) is 13.7 Å². The van der Waals surface area contributed by atoms with Crippen molar-refractivity contribution in [2.45, 2.75) is 55.7 Å². The summed E-state index contributed by atoms with van der Waals surface area (Å²) in [5.74, 6) is -2.55. The maximum atomic E-state index is 13.8. The number of carbonyl (C=O) groups excluding carboxylic acids is 1. The third-order valence-electron chi connectivity index (χ3n) is 9.25. The van der Waals surface area contributed by atoms with Gasteiger partial charge in [0.15, 0.2) is 6.29 Å². The van der Waals surface area contributed by atoms with Crippen LogP contribution in [0.15, 0.2) is 97.1 Å². The molecule has 4 aromatic carbocycles. The summed E-state index contributed by atoms with van der Waals surface area (Å²) in [5.41, 5.74) is 2.37. The number of methoxy groups -OCH3 is 1. The van der Waals surface area contributed by atoms with E-state index >= 15 is 0 Å². The minimum absolute atomic E-state index is 0.0248. The van der Waals surface area contributed by atoms with E-state index in [2.05, 4.69) is 0 Å². The predicted octanol–water partition coefficient (Wildman–Crippen LogP) is 3.58. The Morgan fingerprint density at radius 3 is 2.27 bits per heavy atom. The molecule has 0 spiro atoms. The first kappa shape index (κ1) is 36.4. The highest BCUT2D eigenvalue weighted by Gasteiger charge is 2.50. The molecule has 5 N–H and O–H groups in total. The van der Waals surface area contributed by atoms with Gasteiger partial charge in [-0.3, -0.25) is 4.79 Å². The average molecular weight is 724 g/mol. The molecule has 51 heavy (non-hydrogen) atoms. The van der Waals surface area contributed by atoms with Gasteiger partial charge in [-0.1, -0.05) is 54.6 Å². The van der Waals surface area contributed by atoms with Gasteiger partial charge in [-0.15, -0.1) is 0 Å². The lowest BCUT2D eigenvalue weighted by Gasteiger charge is -2.48. The molecule has 0 aromatic heterocycles. The number of anilines is 1. The largest absolute Gasteiger partial charge is 0.508 e. The average Bonchev–Trinajstić information content (AvgIpc) is 3.11. The molecule has 0 bridgehead atoms. The van der Waals surface area contributed by atoms with Gasteiger partial charge in [-0.05, 0) is 72.0 Å². The van der Waals surface area contributed by atoms with Crippen molar-refractivity contribution >= 4 is 21.7 Å². The Bertz CT molecular complexity index is 1940. The number of β-lactam (4-membered cyclic amide) rings is 1. The van der Waals surface area contributed by atoms with Crippen molar-refractivity contribution in [3.63, 3.8) is 0 Å². The number of para-hydroxylation sites is 1. The summed E-state index contributed by atoms with van der Waals surface area (Å²) >= 11 is 0. The van der Waals surface area contributed by atoms with Crippen molar-refractivity contribution in [1.82, 2.24) is 0 Å². The van der Waals surface area contributed by atoms with Crippen LogP contribution in [0.4, 0.5) is 10.1 Å². The Labute approximate surface area is 294 Å². The van der Waals surface area contributed by atoms with Crippen LogP contribution < -0.4 is 9.08 Å². The van der Waals surface area contributed by atoms with E-state index in [1.54, 1.807) is 54.6 Å². The van der Waals surface area contributed by atoms with Gasteiger partial charge in [-0.25, -0.2) is 4.39 Å². The molecule has 2 aliphatic heterocycles. The number of aromatic hydroxyl groups is 1. The third-order valence-corrected chi connectivity index (χ3v) is 10.4. The number of aliphatic hydroxyl groups excluding tert-OH is 4. The van der Waals surface area contributed by atoms with E-state index in [1.807, 2.05) is 0 Å². The van der Waals surface area contributed by atoms with Crippen molar-refractivity contribution in [3.05, 3.63) is 114 Å². The van der Waals surface area contributed by atoms with Crippen molar-refractivity contribution in [1.29, 1.82) is 0 Å². The number of phenols is 1. The number of hydrogen-bond acceptors (Lipinski definition) is 11. The predicted molar refractivity (Wildman–Crippen MR) is 182 cm³/mol. The second kappa shape index (κ2) is 15.1. The molecule has 2 heterocycles. The number of carbonyl (C=O) groups is 1. The normalized spacial score (nSPS) is 25.6. The van der Waals surface area contributed by atoms with E-state index in [0.717, 1.165) is 0 Å². The number of hydrogen-bond donors (Lipinski definition) is 5. The monoisotopic (exact) mass is 723 g/mol. The molecule has 1 amide bonds. The van der Waals surface area contributed by atoms with Crippen LogP contribution >= 0.6 is 0 Å². The summed E-state index contributed by atoms with van der Waals surface area (Å²) in [6, 6.07) is 24.5. The Hall–Kier alpha value is -4.41. The number of ether oxygens (including phenoxy) is 2. The number of halogens is 1. The summed E-state index contributed by atoms with van der Waals surface area (Å²) in [6.07, 6.45) is -8.81. The van der Waals surface area contributed by atoms with Gasteiger partial charge in [0.05, 0.1) is 18.1 Å². The van der Waals surface area contributed by atoms with E-state index < -0.39 is 70.5 Å². The molecule has 0 radical (unpaired) electrons. The Kier molecular flexibility index (Phi) is 10.7. The van der Waals surface area contributed by atoms with E-state index in [-0.39, 0.29) is 30.2 Å². The number of nitrogens with zero attached hydrogens (tertiary/aromatic N) is 1. The van der Waals surface area contributed by atoms with Gasteiger partial charge in [0, 0.05) is 18.4 Å². The maximum absolute atomic E-state index is 13.8.